The van der Waals surface area contributed by atoms with Gasteiger partial charge < -0.3 is 13.8 Å². The lowest BCUT2D eigenvalue weighted by molar-refractivity contribution is 0.223. The first-order chi connectivity index (χ1) is 14.2. The minimum atomic E-state index is -0.120. The second-order valence-electron chi connectivity index (χ2n) is 7.05. The Bertz CT molecular complexity index is 1210. The predicted octanol–water partition coefficient (Wildman–Crippen LogP) is 4.50. The molecule has 5 rings (SSSR count). The monoisotopic (exact) mass is 407 g/mol. The van der Waals surface area contributed by atoms with Gasteiger partial charge >= 0.3 is 0 Å². The number of rotatable bonds is 4. The molecule has 7 heteroatoms. The largest absolute Gasteiger partial charge is 0.461 e. The summed E-state index contributed by atoms with van der Waals surface area (Å²) in [5, 5.41) is 0.675. The number of nitrogens with one attached hydrogen (secondary N) is 1. The third kappa shape index (κ3) is 3.64. The molecular weight excluding hydrogens is 390 g/mol. The average molecular weight is 408 g/mol. The minimum Gasteiger partial charge on any atom is -0.461 e. The molecule has 0 fully saturated rings. The molecule has 0 spiro atoms. The van der Waals surface area contributed by atoms with Crippen LogP contribution < -0.4 is 5.56 Å². The second-order valence-corrected chi connectivity index (χ2v) is 7.49. The molecule has 0 saturated carbocycles. The van der Waals surface area contributed by atoms with Crippen molar-refractivity contribution in [2.75, 3.05) is 6.54 Å². The Morgan fingerprint density at radius 2 is 2.07 bits per heavy atom. The van der Waals surface area contributed by atoms with Gasteiger partial charge in [0.25, 0.3) is 5.56 Å². The smallest absolute Gasteiger partial charge is 0.256 e. The van der Waals surface area contributed by atoms with Gasteiger partial charge in [0.15, 0.2) is 11.6 Å². The van der Waals surface area contributed by atoms with E-state index in [0.29, 0.717) is 41.7 Å². The van der Waals surface area contributed by atoms with Crippen LogP contribution in [0.2, 0.25) is 5.02 Å². The number of halogens is 1. The van der Waals surface area contributed by atoms with Crippen LogP contribution in [0.25, 0.3) is 22.9 Å². The van der Waals surface area contributed by atoms with E-state index in [2.05, 4.69) is 14.9 Å². The molecule has 3 aromatic heterocycles. The number of hydrogen-bond acceptors (Lipinski definition) is 5. The first-order valence-corrected chi connectivity index (χ1v) is 9.76. The molecule has 1 aromatic carbocycles. The highest BCUT2D eigenvalue weighted by molar-refractivity contribution is 6.30. The zero-order valence-electron chi connectivity index (χ0n) is 15.5. The molecule has 1 aliphatic heterocycles. The van der Waals surface area contributed by atoms with Crippen molar-refractivity contribution in [2.45, 2.75) is 19.5 Å². The zero-order chi connectivity index (χ0) is 19.8. The predicted molar refractivity (Wildman–Crippen MR) is 110 cm³/mol. The zero-order valence-corrected chi connectivity index (χ0v) is 16.3. The molecule has 0 bridgehead atoms. The first kappa shape index (κ1) is 18.0. The van der Waals surface area contributed by atoms with Crippen LogP contribution in [0, 0.1) is 0 Å². The lowest BCUT2D eigenvalue weighted by Crippen LogP contribution is -2.35. The van der Waals surface area contributed by atoms with Gasteiger partial charge in [-0.25, -0.2) is 4.98 Å². The quantitative estimate of drug-likeness (QED) is 0.539. The Morgan fingerprint density at radius 1 is 1.14 bits per heavy atom. The molecular formula is C22H18ClN3O3. The van der Waals surface area contributed by atoms with Gasteiger partial charge in [-0.1, -0.05) is 23.7 Å². The van der Waals surface area contributed by atoms with Gasteiger partial charge in [0.05, 0.1) is 24.1 Å². The van der Waals surface area contributed by atoms with Crippen LogP contribution in [0.1, 0.15) is 17.0 Å². The molecule has 1 aliphatic rings. The van der Waals surface area contributed by atoms with Crippen molar-refractivity contribution in [3.8, 4) is 22.9 Å². The van der Waals surface area contributed by atoms with Gasteiger partial charge in [-0.15, -0.1) is 0 Å². The maximum Gasteiger partial charge on any atom is 0.256 e. The van der Waals surface area contributed by atoms with Crippen molar-refractivity contribution in [2.24, 2.45) is 0 Å². The van der Waals surface area contributed by atoms with E-state index in [1.54, 1.807) is 18.4 Å². The van der Waals surface area contributed by atoms with Crippen molar-refractivity contribution in [3.05, 3.63) is 87.2 Å². The number of benzene rings is 1. The van der Waals surface area contributed by atoms with Crippen LogP contribution in [0.15, 0.2) is 68.4 Å². The number of H-pyrrole nitrogens is 1. The standard InChI is InChI=1S/C22H18ClN3O3/c23-15-4-1-3-14(11-15)19-7-6-16(29-19)12-26-9-8-18-17(13-26)22(27)25-21(24-18)20-5-2-10-28-20/h1-7,10-11H,8-9,12-13H2,(H,24,25,27). The van der Waals surface area contributed by atoms with Gasteiger partial charge in [-0.3, -0.25) is 9.69 Å². The number of fused-ring (bicyclic) bond motifs is 1. The van der Waals surface area contributed by atoms with Crippen LogP contribution in [0.3, 0.4) is 0 Å². The summed E-state index contributed by atoms with van der Waals surface area (Å²) in [7, 11) is 0. The Labute approximate surface area is 171 Å². The third-order valence-electron chi connectivity index (χ3n) is 5.05. The maximum atomic E-state index is 12.6. The Morgan fingerprint density at radius 3 is 2.90 bits per heavy atom. The highest BCUT2D eigenvalue weighted by Gasteiger charge is 2.23. The molecule has 146 valence electrons. The number of aromatic nitrogens is 2. The minimum absolute atomic E-state index is 0.120. The molecule has 0 saturated heterocycles. The fraction of sp³-hybridized carbons (Fsp3) is 0.182. The van der Waals surface area contributed by atoms with E-state index >= 15 is 0 Å². The summed E-state index contributed by atoms with van der Waals surface area (Å²) in [5.41, 5.74) is 2.35. The first-order valence-electron chi connectivity index (χ1n) is 9.39. The van der Waals surface area contributed by atoms with Gasteiger partial charge in [-0.2, -0.15) is 0 Å². The number of hydrogen-bond donors (Lipinski definition) is 1. The van der Waals surface area contributed by atoms with Crippen molar-refractivity contribution in [1.29, 1.82) is 0 Å². The van der Waals surface area contributed by atoms with E-state index in [0.717, 1.165) is 29.3 Å². The van der Waals surface area contributed by atoms with E-state index in [1.165, 1.54) is 0 Å². The van der Waals surface area contributed by atoms with Crippen LogP contribution in [-0.2, 0) is 19.5 Å². The topological polar surface area (TPSA) is 75.3 Å². The highest BCUT2D eigenvalue weighted by Crippen LogP contribution is 2.26. The van der Waals surface area contributed by atoms with Crippen LogP contribution in [0.4, 0.5) is 0 Å². The summed E-state index contributed by atoms with van der Waals surface area (Å²) in [4.78, 5) is 22.2. The highest BCUT2D eigenvalue weighted by atomic mass is 35.5. The molecule has 0 aliphatic carbocycles. The summed E-state index contributed by atoms with van der Waals surface area (Å²) in [6.07, 6.45) is 2.27. The van der Waals surface area contributed by atoms with Crippen LogP contribution >= 0.6 is 11.6 Å². The van der Waals surface area contributed by atoms with Crippen molar-refractivity contribution in [1.82, 2.24) is 14.9 Å². The van der Waals surface area contributed by atoms with Crippen molar-refractivity contribution in [3.63, 3.8) is 0 Å². The number of furan rings is 2. The van der Waals surface area contributed by atoms with Gasteiger partial charge in [-0.05, 0) is 36.4 Å². The SMILES string of the molecule is O=c1[nH]c(-c2ccco2)nc2c1CN(Cc1ccc(-c3cccc(Cl)c3)o1)CC2. The van der Waals surface area contributed by atoms with E-state index in [-0.39, 0.29) is 5.56 Å². The number of aromatic amines is 1. The summed E-state index contributed by atoms with van der Waals surface area (Å²) >= 11 is 6.07. The van der Waals surface area contributed by atoms with Gasteiger partial charge in [0.2, 0.25) is 0 Å². The van der Waals surface area contributed by atoms with Gasteiger partial charge in [0.1, 0.15) is 11.5 Å². The van der Waals surface area contributed by atoms with Gasteiger partial charge in [0, 0.05) is 30.1 Å². The van der Waals surface area contributed by atoms with Crippen molar-refractivity contribution >= 4 is 11.6 Å². The third-order valence-corrected chi connectivity index (χ3v) is 5.29. The van der Waals surface area contributed by atoms with E-state index in [1.807, 2.05) is 36.4 Å². The molecule has 0 unspecified atom stereocenters. The summed E-state index contributed by atoms with van der Waals surface area (Å²) < 4.78 is 11.3. The van der Waals surface area contributed by atoms with E-state index in [4.69, 9.17) is 20.4 Å². The van der Waals surface area contributed by atoms with E-state index in [9.17, 15) is 4.79 Å². The average Bonchev–Trinajstić information content (AvgIpc) is 3.41. The van der Waals surface area contributed by atoms with Crippen LogP contribution in [0.5, 0.6) is 0 Å². The molecule has 4 aromatic rings. The fourth-order valence-electron chi connectivity index (χ4n) is 3.63. The van der Waals surface area contributed by atoms with E-state index < -0.39 is 0 Å². The van der Waals surface area contributed by atoms with Crippen LogP contribution in [-0.4, -0.2) is 21.4 Å². The number of nitrogens with zero attached hydrogens (tertiary/aromatic N) is 2. The molecule has 6 nitrogen and oxygen atoms in total. The Kier molecular flexibility index (Phi) is 4.58. The normalized spacial score (nSPS) is 14.1. The Hall–Kier alpha value is -3.09. The Balaban J connectivity index is 1.34. The second kappa shape index (κ2) is 7.39. The molecule has 0 radical (unpaired) electrons. The lowest BCUT2D eigenvalue weighted by Gasteiger charge is -2.26. The van der Waals surface area contributed by atoms with Crippen molar-refractivity contribution < 1.29 is 8.83 Å². The molecule has 4 heterocycles. The summed E-state index contributed by atoms with van der Waals surface area (Å²) in [6.45, 7) is 1.96. The molecule has 0 atom stereocenters. The summed E-state index contributed by atoms with van der Waals surface area (Å²) in [5.74, 6) is 2.67. The summed E-state index contributed by atoms with van der Waals surface area (Å²) in [6, 6.07) is 15.1. The fourth-order valence-corrected chi connectivity index (χ4v) is 3.82. The molecule has 29 heavy (non-hydrogen) atoms. The maximum absolute atomic E-state index is 12.6. The lowest BCUT2D eigenvalue weighted by atomic mass is 10.1. The molecule has 1 N–H and O–H groups in total. The molecule has 0 amide bonds.